The molecule has 20 heavy (non-hydrogen) atoms. The van der Waals surface area contributed by atoms with Crippen molar-refractivity contribution in [2.75, 3.05) is 17.2 Å². The third-order valence-corrected chi connectivity index (χ3v) is 4.22. The van der Waals surface area contributed by atoms with Gasteiger partial charge in [-0.3, -0.25) is 4.68 Å². The zero-order chi connectivity index (χ0) is 14.7. The van der Waals surface area contributed by atoms with Gasteiger partial charge in [-0.1, -0.05) is 40.0 Å². The Labute approximate surface area is 123 Å². The number of hydrogen-bond acceptors (Lipinski definition) is 3. The highest BCUT2D eigenvalue weighted by Gasteiger charge is 2.28. The SMILES string of the molecule is CCCc1nn(C)c(N(CC(C)C)C2CCCC2)c1N. The minimum absolute atomic E-state index is 0.638. The number of hydrogen-bond donors (Lipinski definition) is 1. The van der Waals surface area contributed by atoms with Crippen molar-refractivity contribution in [2.24, 2.45) is 13.0 Å². The van der Waals surface area contributed by atoms with E-state index >= 15 is 0 Å². The van der Waals surface area contributed by atoms with Gasteiger partial charge in [0, 0.05) is 19.6 Å². The molecular weight excluding hydrogens is 248 g/mol. The van der Waals surface area contributed by atoms with Crippen molar-refractivity contribution in [1.29, 1.82) is 0 Å². The van der Waals surface area contributed by atoms with E-state index in [4.69, 9.17) is 5.73 Å². The number of nitrogen functional groups attached to an aromatic ring is 1. The Balaban J connectivity index is 2.32. The van der Waals surface area contributed by atoms with Crippen LogP contribution >= 0.6 is 0 Å². The van der Waals surface area contributed by atoms with Gasteiger partial charge >= 0.3 is 0 Å². The molecule has 0 aliphatic heterocycles. The molecule has 1 aromatic heterocycles. The summed E-state index contributed by atoms with van der Waals surface area (Å²) in [6, 6.07) is 0.643. The lowest BCUT2D eigenvalue weighted by atomic mass is 10.1. The van der Waals surface area contributed by atoms with Gasteiger partial charge in [0.25, 0.3) is 0 Å². The third-order valence-electron chi connectivity index (χ3n) is 4.22. The van der Waals surface area contributed by atoms with Crippen molar-refractivity contribution in [2.45, 2.75) is 65.3 Å². The maximum atomic E-state index is 6.41. The summed E-state index contributed by atoms with van der Waals surface area (Å²) in [6.07, 6.45) is 7.34. The fourth-order valence-electron chi connectivity index (χ4n) is 3.37. The summed E-state index contributed by atoms with van der Waals surface area (Å²) in [5.41, 5.74) is 8.38. The molecule has 1 saturated carbocycles. The van der Waals surface area contributed by atoms with Gasteiger partial charge in [-0.15, -0.1) is 0 Å². The van der Waals surface area contributed by atoms with Gasteiger partial charge in [0.15, 0.2) is 5.82 Å². The quantitative estimate of drug-likeness (QED) is 0.868. The molecule has 1 aliphatic rings. The lowest BCUT2D eigenvalue weighted by Crippen LogP contribution is -2.38. The predicted octanol–water partition coefficient (Wildman–Crippen LogP) is 3.36. The molecule has 2 rings (SSSR count). The highest BCUT2D eigenvalue weighted by molar-refractivity contribution is 5.67. The van der Waals surface area contributed by atoms with Crippen molar-refractivity contribution in [3.8, 4) is 0 Å². The van der Waals surface area contributed by atoms with Crippen molar-refractivity contribution in [3.05, 3.63) is 5.69 Å². The van der Waals surface area contributed by atoms with Crippen LogP contribution in [0.1, 0.15) is 58.6 Å². The molecule has 1 fully saturated rings. The maximum absolute atomic E-state index is 6.41. The molecule has 1 heterocycles. The second kappa shape index (κ2) is 6.51. The largest absolute Gasteiger partial charge is 0.394 e. The van der Waals surface area contributed by atoms with E-state index in [1.54, 1.807) is 0 Å². The molecule has 0 spiro atoms. The number of aryl methyl sites for hydroxylation is 2. The summed E-state index contributed by atoms with van der Waals surface area (Å²) in [6.45, 7) is 7.81. The van der Waals surface area contributed by atoms with E-state index < -0.39 is 0 Å². The molecule has 1 aromatic rings. The summed E-state index contributed by atoms with van der Waals surface area (Å²) in [5, 5.41) is 4.65. The number of nitrogens with zero attached hydrogens (tertiary/aromatic N) is 3. The van der Waals surface area contributed by atoms with E-state index in [9.17, 15) is 0 Å². The lowest BCUT2D eigenvalue weighted by Gasteiger charge is -2.32. The summed E-state index contributed by atoms with van der Waals surface area (Å²) in [4.78, 5) is 2.53. The zero-order valence-electron chi connectivity index (χ0n) is 13.5. The molecule has 4 heteroatoms. The van der Waals surface area contributed by atoms with Crippen LogP contribution < -0.4 is 10.6 Å². The third kappa shape index (κ3) is 3.10. The maximum Gasteiger partial charge on any atom is 0.150 e. The molecule has 0 saturated heterocycles. The monoisotopic (exact) mass is 278 g/mol. The van der Waals surface area contributed by atoms with Crippen LogP contribution in [0.5, 0.6) is 0 Å². The Bertz CT molecular complexity index is 430. The minimum Gasteiger partial charge on any atom is -0.394 e. The van der Waals surface area contributed by atoms with E-state index in [0.29, 0.717) is 12.0 Å². The molecular formula is C16H30N4. The number of aromatic nitrogens is 2. The first-order valence-electron chi connectivity index (χ1n) is 8.12. The Morgan fingerprint density at radius 1 is 1.35 bits per heavy atom. The highest BCUT2D eigenvalue weighted by atomic mass is 15.4. The first-order valence-corrected chi connectivity index (χ1v) is 8.12. The van der Waals surface area contributed by atoms with Crippen molar-refractivity contribution < 1.29 is 0 Å². The second-order valence-electron chi connectivity index (χ2n) is 6.54. The fourth-order valence-corrected chi connectivity index (χ4v) is 3.37. The summed E-state index contributed by atoms with van der Waals surface area (Å²) >= 11 is 0. The first kappa shape index (κ1) is 15.2. The fraction of sp³-hybridized carbons (Fsp3) is 0.812. The molecule has 4 nitrogen and oxygen atoms in total. The minimum atomic E-state index is 0.638. The normalized spacial score (nSPS) is 16.2. The molecule has 0 aromatic carbocycles. The van der Waals surface area contributed by atoms with Crippen LogP contribution in [-0.2, 0) is 13.5 Å². The molecule has 0 atom stereocenters. The summed E-state index contributed by atoms with van der Waals surface area (Å²) in [7, 11) is 2.03. The van der Waals surface area contributed by atoms with Gasteiger partial charge in [0.05, 0.1) is 11.4 Å². The van der Waals surface area contributed by atoms with Crippen LogP contribution in [0, 0.1) is 5.92 Å². The van der Waals surface area contributed by atoms with Crippen LogP contribution in [0.2, 0.25) is 0 Å². The van der Waals surface area contributed by atoms with Crippen molar-refractivity contribution >= 4 is 11.5 Å². The Hall–Kier alpha value is -1.19. The standard InChI is InChI=1S/C16H30N4/c1-5-8-14-15(17)16(19(4)18-14)20(11-12(2)3)13-9-6-7-10-13/h12-13H,5-11,17H2,1-4H3. The Morgan fingerprint density at radius 2 is 2.00 bits per heavy atom. The van der Waals surface area contributed by atoms with Crippen molar-refractivity contribution in [3.63, 3.8) is 0 Å². The van der Waals surface area contributed by atoms with Gasteiger partial charge in [0.1, 0.15) is 0 Å². The van der Waals surface area contributed by atoms with Gasteiger partial charge in [-0.25, -0.2) is 0 Å². The molecule has 0 bridgehead atoms. The average Bonchev–Trinajstić information content (AvgIpc) is 2.98. The molecule has 114 valence electrons. The van der Waals surface area contributed by atoms with E-state index in [0.717, 1.165) is 36.6 Å². The van der Waals surface area contributed by atoms with Gasteiger partial charge in [-0.2, -0.15) is 5.10 Å². The van der Waals surface area contributed by atoms with Crippen LogP contribution in [0.3, 0.4) is 0 Å². The summed E-state index contributed by atoms with van der Waals surface area (Å²) in [5.74, 6) is 1.79. The first-order chi connectivity index (χ1) is 9.54. The number of rotatable bonds is 6. The summed E-state index contributed by atoms with van der Waals surface area (Å²) < 4.78 is 2.00. The predicted molar refractivity (Wildman–Crippen MR) is 86.1 cm³/mol. The van der Waals surface area contributed by atoms with E-state index in [-0.39, 0.29) is 0 Å². The van der Waals surface area contributed by atoms with Crippen LogP contribution in [0.15, 0.2) is 0 Å². The molecule has 2 N–H and O–H groups in total. The topological polar surface area (TPSA) is 47.1 Å². The number of anilines is 2. The van der Waals surface area contributed by atoms with E-state index in [1.807, 2.05) is 11.7 Å². The van der Waals surface area contributed by atoms with Gasteiger partial charge < -0.3 is 10.6 Å². The van der Waals surface area contributed by atoms with E-state index in [1.165, 1.54) is 25.7 Å². The van der Waals surface area contributed by atoms with Crippen molar-refractivity contribution in [1.82, 2.24) is 9.78 Å². The van der Waals surface area contributed by atoms with Crippen LogP contribution in [0.4, 0.5) is 11.5 Å². The number of nitrogens with two attached hydrogens (primary N) is 1. The van der Waals surface area contributed by atoms with Gasteiger partial charge in [-0.05, 0) is 25.2 Å². The highest BCUT2D eigenvalue weighted by Crippen LogP contribution is 2.34. The lowest BCUT2D eigenvalue weighted by molar-refractivity contribution is 0.520. The molecule has 0 unspecified atom stereocenters. The Morgan fingerprint density at radius 3 is 2.55 bits per heavy atom. The zero-order valence-corrected chi connectivity index (χ0v) is 13.5. The molecule has 0 amide bonds. The van der Waals surface area contributed by atoms with Crippen LogP contribution in [0.25, 0.3) is 0 Å². The Kier molecular flexibility index (Phi) is 4.95. The smallest absolute Gasteiger partial charge is 0.150 e. The van der Waals surface area contributed by atoms with E-state index in [2.05, 4.69) is 30.8 Å². The second-order valence-corrected chi connectivity index (χ2v) is 6.54. The molecule has 0 radical (unpaired) electrons. The average molecular weight is 278 g/mol. The van der Waals surface area contributed by atoms with Crippen LogP contribution in [-0.4, -0.2) is 22.4 Å². The van der Waals surface area contributed by atoms with Gasteiger partial charge in [0.2, 0.25) is 0 Å². The molecule has 1 aliphatic carbocycles.